The second-order valence-corrected chi connectivity index (χ2v) is 2.66. The molecule has 1 heterocycles. The number of H-pyrrole nitrogens is 1. The minimum atomic E-state index is 1.07. The maximum Gasteiger partial charge on any atom is 0.0666 e. The van der Waals surface area contributed by atoms with E-state index >= 15 is 0 Å². The van der Waals surface area contributed by atoms with Gasteiger partial charge in [0.2, 0.25) is 0 Å². The van der Waals surface area contributed by atoms with Crippen LogP contribution in [-0.4, -0.2) is 10.2 Å². The molecule has 0 amide bonds. The van der Waals surface area contributed by atoms with Crippen molar-refractivity contribution in [1.29, 1.82) is 0 Å². The van der Waals surface area contributed by atoms with Gasteiger partial charge in [-0.3, -0.25) is 5.10 Å². The third-order valence-corrected chi connectivity index (χ3v) is 1.71. The van der Waals surface area contributed by atoms with Gasteiger partial charge >= 0.3 is 0 Å². The number of aryl methyl sites for hydroxylation is 2. The molecule has 1 aromatic heterocycles. The van der Waals surface area contributed by atoms with Gasteiger partial charge in [0.25, 0.3) is 0 Å². The van der Waals surface area contributed by atoms with Crippen LogP contribution in [0, 0.1) is 13.8 Å². The van der Waals surface area contributed by atoms with E-state index < -0.39 is 0 Å². The highest BCUT2D eigenvalue weighted by Crippen LogP contribution is 2.11. The van der Waals surface area contributed by atoms with Crippen molar-refractivity contribution in [2.24, 2.45) is 0 Å². The van der Waals surface area contributed by atoms with Gasteiger partial charge < -0.3 is 0 Å². The molecule has 13 heavy (non-hydrogen) atoms. The van der Waals surface area contributed by atoms with E-state index in [1.165, 1.54) is 5.56 Å². The number of nitrogens with one attached hydrogen (secondary N) is 1. The molecule has 0 spiro atoms. The van der Waals surface area contributed by atoms with E-state index in [1.54, 1.807) is 0 Å². The lowest BCUT2D eigenvalue weighted by atomic mass is 10.2. The summed E-state index contributed by atoms with van der Waals surface area (Å²) in [5, 5.41) is 7.04. The molecular weight excluding hydrogens is 160 g/mol. The summed E-state index contributed by atoms with van der Waals surface area (Å²) < 4.78 is 0. The van der Waals surface area contributed by atoms with Gasteiger partial charge in [-0.05, 0) is 20.3 Å². The first-order valence-corrected chi connectivity index (χ1v) is 4.93. The Balaban J connectivity index is 0.000000671. The number of nitrogens with zero attached hydrogens (tertiary/aromatic N) is 1. The molecule has 0 aliphatic rings. The number of aromatic nitrogens is 2. The van der Waals surface area contributed by atoms with E-state index in [1.807, 2.05) is 27.7 Å². The van der Waals surface area contributed by atoms with E-state index in [2.05, 4.69) is 29.3 Å². The van der Waals surface area contributed by atoms with Crippen LogP contribution in [0.15, 0.2) is 6.08 Å². The smallest absolute Gasteiger partial charge is 0.0666 e. The van der Waals surface area contributed by atoms with Gasteiger partial charge in [-0.1, -0.05) is 32.9 Å². The average Bonchev–Trinajstić information content (AvgIpc) is 2.47. The van der Waals surface area contributed by atoms with Gasteiger partial charge in [0.1, 0.15) is 0 Å². The molecule has 2 heteroatoms. The average molecular weight is 180 g/mol. The Labute approximate surface area is 81.1 Å². The second-order valence-electron chi connectivity index (χ2n) is 2.66. The van der Waals surface area contributed by atoms with E-state index in [9.17, 15) is 0 Å². The lowest BCUT2D eigenvalue weighted by Gasteiger charge is -1.89. The zero-order valence-corrected chi connectivity index (χ0v) is 9.31. The molecule has 0 saturated heterocycles. The first-order chi connectivity index (χ1) is 6.25. The van der Waals surface area contributed by atoms with Gasteiger partial charge in [0, 0.05) is 11.3 Å². The monoisotopic (exact) mass is 180 g/mol. The summed E-state index contributed by atoms with van der Waals surface area (Å²) in [4.78, 5) is 0. The Kier molecular flexibility index (Phi) is 5.94. The fourth-order valence-corrected chi connectivity index (χ4v) is 1.04. The van der Waals surface area contributed by atoms with E-state index in [0.717, 1.165) is 17.8 Å². The highest BCUT2D eigenvalue weighted by molar-refractivity contribution is 5.53. The predicted molar refractivity (Wildman–Crippen MR) is 58.7 cm³/mol. The zero-order valence-electron chi connectivity index (χ0n) is 9.31. The standard InChI is InChI=1S/C9H14N2.C2H6/c1-4-5-6-9-7(2)10-11-8(9)3;1-2/h5-6H,4H2,1-3H3,(H,10,11);1-2H3/b6-5-;. The van der Waals surface area contributed by atoms with E-state index in [4.69, 9.17) is 0 Å². The number of hydrogen-bond donors (Lipinski definition) is 1. The van der Waals surface area contributed by atoms with Crippen molar-refractivity contribution in [3.8, 4) is 0 Å². The maximum absolute atomic E-state index is 4.09. The Bertz CT molecular complexity index is 240. The fourth-order valence-electron chi connectivity index (χ4n) is 1.04. The lowest BCUT2D eigenvalue weighted by molar-refractivity contribution is 1.02. The highest BCUT2D eigenvalue weighted by Gasteiger charge is 2.00. The van der Waals surface area contributed by atoms with Crippen LogP contribution in [0.4, 0.5) is 0 Å². The first-order valence-electron chi connectivity index (χ1n) is 4.93. The Morgan fingerprint density at radius 2 is 1.92 bits per heavy atom. The van der Waals surface area contributed by atoms with Gasteiger partial charge in [0.05, 0.1) is 5.69 Å². The third-order valence-electron chi connectivity index (χ3n) is 1.71. The van der Waals surface area contributed by atoms with Crippen molar-refractivity contribution in [3.05, 3.63) is 23.0 Å². The summed E-state index contributed by atoms with van der Waals surface area (Å²) in [6.07, 6.45) is 5.34. The molecule has 2 nitrogen and oxygen atoms in total. The Morgan fingerprint density at radius 1 is 1.31 bits per heavy atom. The minimum absolute atomic E-state index is 1.07. The quantitative estimate of drug-likeness (QED) is 0.741. The summed E-state index contributed by atoms with van der Waals surface area (Å²) in [7, 11) is 0. The van der Waals surface area contributed by atoms with Crippen molar-refractivity contribution in [1.82, 2.24) is 10.2 Å². The van der Waals surface area contributed by atoms with Crippen molar-refractivity contribution in [3.63, 3.8) is 0 Å². The van der Waals surface area contributed by atoms with Gasteiger partial charge in [-0.15, -0.1) is 0 Å². The summed E-state index contributed by atoms with van der Waals surface area (Å²) in [6, 6.07) is 0. The van der Waals surface area contributed by atoms with Crippen LogP contribution in [0.2, 0.25) is 0 Å². The molecule has 1 rings (SSSR count). The molecular formula is C11H20N2. The molecule has 0 radical (unpaired) electrons. The minimum Gasteiger partial charge on any atom is -0.282 e. The van der Waals surface area contributed by atoms with Crippen molar-refractivity contribution in [2.75, 3.05) is 0 Å². The van der Waals surface area contributed by atoms with E-state index in [0.29, 0.717) is 0 Å². The van der Waals surface area contributed by atoms with Gasteiger partial charge in [-0.2, -0.15) is 5.10 Å². The molecule has 0 fully saturated rings. The van der Waals surface area contributed by atoms with Crippen LogP contribution in [0.1, 0.15) is 44.1 Å². The molecule has 0 aromatic carbocycles. The summed E-state index contributed by atoms with van der Waals surface area (Å²) >= 11 is 0. The molecule has 0 aliphatic heterocycles. The number of rotatable bonds is 2. The molecule has 0 aliphatic carbocycles. The number of allylic oxidation sites excluding steroid dienone is 1. The third kappa shape index (κ3) is 3.45. The molecule has 74 valence electrons. The van der Waals surface area contributed by atoms with Crippen LogP contribution in [-0.2, 0) is 0 Å². The molecule has 0 bridgehead atoms. The van der Waals surface area contributed by atoms with Crippen molar-refractivity contribution < 1.29 is 0 Å². The number of aromatic amines is 1. The zero-order chi connectivity index (χ0) is 10.3. The Morgan fingerprint density at radius 3 is 2.31 bits per heavy atom. The normalized spacial score (nSPS) is 9.92. The van der Waals surface area contributed by atoms with Crippen molar-refractivity contribution in [2.45, 2.75) is 41.0 Å². The van der Waals surface area contributed by atoms with Crippen LogP contribution in [0.3, 0.4) is 0 Å². The first kappa shape index (κ1) is 11.9. The van der Waals surface area contributed by atoms with Crippen LogP contribution in [0.25, 0.3) is 6.08 Å². The summed E-state index contributed by atoms with van der Waals surface area (Å²) in [5.41, 5.74) is 3.45. The SMILES string of the molecule is CC.CC/C=C\c1c(C)n[nH]c1C. The van der Waals surface area contributed by atoms with Gasteiger partial charge in [-0.25, -0.2) is 0 Å². The highest BCUT2D eigenvalue weighted by atomic mass is 15.1. The summed E-state index contributed by atoms with van der Waals surface area (Å²) in [5.74, 6) is 0. The van der Waals surface area contributed by atoms with Crippen LogP contribution < -0.4 is 0 Å². The molecule has 0 atom stereocenters. The largest absolute Gasteiger partial charge is 0.282 e. The lowest BCUT2D eigenvalue weighted by Crippen LogP contribution is -1.76. The topological polar surface area (TPSA) is 28.7 Å². The van der Waals surface area contributed by atoms with E-state index in [-0.39, 0.29) is 0 Å². The van der Waals surface area contributed by atoms with Gasteiger partial charge in [0.15, 0.2) is 0 Å². The summed E-state index contributed by atoms with van der Waals surface area (Å²) in [6.45, 7) is 10.2. The molecule has 0 unspecified atom stereocenters. The van der Waals surface area contributed by atoms with Crippen molar-refractivity contribution >= 4 is 6.08 Å². The van der Waals surface area contributed by atoms with Crippen LogP contribution in [0.5, 0.6) is 0 Å². The fraction of sp³-hybridized carbons (Fsp3) is 0.545. The second kappa shape index (κ2) is 6.46. The Hall–Kier alpha value is -1.05. The number of hydrogen-bond acceptors (Lipinski definition) is 1. The van der Waals surface area contributed by atoms with Crippen LogP contribution >= 0.6 is 0 Å². The molecule has 1 N–H and O–H groups in total. The maximum atomic E-state index is 4.09. The molecule has 1 aromatic rings. The predicted octanol–water partition coefficient (Wildman–Crippen LogP) is 3.48. The molecule has 0 saturated carbocycles.